The summed E-state index contributed by atoms with van der Waals surface area (Å²) in [5.74, 6) is -0.525. The second kappa shape index (κ2) is 10.9. The number of methoxy groups -OCH3 is 1. The molecule has 2 amide bonds. The number of halogens is 2. The number of likely N-dealkylation sites (tertiary alicyclic amines) is 2. The molecule has 2 fully saturated rings. The van der Waals surface area contributed by atoms with Gasteiger partial charge in [0.2, 0.25) is 0 Å². The maximum absolute atomic E-state index is 13.2. The number of benzene rings is 2. The van der Waals surface area contributed by atoms with Crippen molar-refractivity contribution in [3.8, 4) is 0 Å². The first-order chi connectivity index (χ1) is 16.8. The summed E-state index contributed by atoms with van der Waals surface area (Å²) in [7, 11) is 4.91. The molecule has 0 aliphatic carbocycles. The summed E-state index contributed by atoms with van der Waals surface area (Å²) in [5.41, 5.74) is 2.06. The van der Waals surface area contributed by atoms with Gasteiger partial charge in [-0.15, -0.1) is 0 Å². The van der Waals surface area contributed by atoms with Gasteiger partial charge in [0.15, 0.2) is 6.10 Å². The van der Waals surface area contributed by atoms with Crippen molar-refractivity contribution >= 4 is 29.1 Å². The SMILES string of the molecule is CO[C@H](C(=O)N1CCC(N2CC(Nc3ccc(C(=O)N(C)C)c(Cl)c3)C2)CC1)c1ccc(F)cc1. The molecule has 0 aromatic heterocycles. The van der Waals surface area contributed by atoms with Crippen LogP contribution in [0.25, 0.3) is 0 Å². The molecular formula is C26H32ClFN4O3. The Labute approximate surface area is 210 Å². The number of carbonyl (C=O) groups excluding carboxylic acids is 2. The Hall–Kier alpha value is -2.68. The number of amides is 2. The number of rotatable bonds is 7. The van der Waals surface area contributed by atoms with Crippen LogP contribution in [0, 0.1) is 5.82 Å². The molecule has 0 bridgehead atoms. The molecule has 1 N–H and O–H groups in total. The number of ether oxygens (including phenoxy) is 1. The van der Waals surface area contributed by atoms with Gasteiger partial charge in [-0.05, 0) is 48.7 Å². The second-order valence-corrected chi connectivity index (χ2v) is 9.82. The normalized spacial score (nSPS) is 18.1. The van der Waals surface area contributed by atoms with Crippen molar-refractivity contribution in [1.82, 2.24) is 14.7 Å². The van der Waals surface area contributed by atoms with Crippen LogP contribution in [-0.2, 0) is 9.53 Å². The predicted octanol–water partition coefficient (Wildman–Crippen LogP) is 3.66. The molecule has 188 valence electrons. The van der Waals surface area contributed by atoms with E-state index >= 15 is 0 Å². The number of anilines is 1. The van der Waals surface area contributed by atoms with Crippen molar-refractivity contribution in [1.29, 1.82) is 0 Å². The quantitative estimate of drug-likeness (QED) is 0.626. The average Bonchev–Trinajstić information content (AvgIpc) is 2.82. The third-order valence-corrected chi connectivity index (χ3v) is 7.12. The predicted molar refractivity (Wildman–Crippen MR) is 134 cm³/mol. The van der Waals surface area contributed by atoms with Crippen molar-refractivity contribution < 1.29 is 18.7 Å². The second-order valence-electron chi connectivity index (χ2n) is 9.41. The van der Waals surface area contributed by atoms with Gasteiger partial charge in [-0.3, -0.25) is 14.5 Å². The van der Waals surface area contributed by atoms with Crippen molar-refractivity contribution in [3.05, 3.63) is 64.4 Å². The van der Waals surface area contributed by atoms with E-state index in [1.54, 1.807) is 38.4 Å². The summed E-state index contributed by atoms with van der Waals surface area (Å²) in [5, 5.41) is 3.94. The molecule has 0 spiro atoms. The Morgan fingerprint density at radius 1 is 1.11 bits per heavy atom. The van der Waals surface area contributed by atoms with Crippen LogP contribution >= 0.6 is 11.6 Å². The number of carbonyl (C=O) groups is 2. The van der Waals surface area contributed by atoms with Gasteiger partial charge in [0.1, 0.15) is 5.82 Å². The standard InChI is InChI=1S/C26H32ClFN4O3/c1-30(2)25(33)22-9-8-19(14-23(22)27)29-20-15-32(16-20)21-10-12-31(13-11-21)26(34)24(35-3)17-4-6-18(28)7-5-17/h4-9,14,20-21,24,29H,10-13,15-16H2,1-3H3/t24-/m0/s1. The van der Waals surface area contributed by atoms with Crippen LogP contribution in [0.4, 0.5) is 10.1 Å². The Balaban J connectivity index is 1.24. The van der Waals surface area contributed by atoms with Gasteiger partial charge in [0.05, 0.1) is 16.6 Å². The zero-order valence-corrected chi connectivity index (χ0v) is 21.1. The number of hydrogen-bond acceptors (Lipinski definition) is 5. The monoisotopic (exact) mass is 502 g/mol. The summed E-state index contributed by atoms with van der Waals surface area (Å²) in [6, 6.07) is 12.1. The Kier molecular flexibility index (Phi) is 7.94. The molecule has 7 nitrogen and oxygen atoms in total. The van der Waals surface area contributed by atoms with E-state index < -0.39 is 6.10 Å². The van der Waals surface area contributed by atoms with Crippen LogP contribution < -0.4 is 5.32 Å². The van der Waals surface area contributed by atoms with Crippen LogP contribution in [0.15, 0.2) is 42.5 Å². The van der Waals surface area contributed by atoms with Crippen LogP contribution in [-0.4, -0.2) is 86.0 Å². The summed E-state index contributed by atoms with van der Waals surface area (Å²) in [6.45, 7) is 3.20. The lowest BCUT2D eigenvalue weighted by atomic mass is 9.96. The molecule has 4 rings (SSSR count). The lowest BCUT2D eigenvalue weighted by Crippen LogP contribution is -2.60. The molecule has 2 saturated heterocycles. The van der Waals surface area contributed by atoms with Gasteiger partial charge in [-0.25, -0.2) is 4.39 Å². The molecule has 35 heavy (non-hydrogen) atoms. The minimum Gasteiger partial charge on any atom is -0.380 e. The molecule has 9 heteroatoms. The average molecular weight is 503 g/mol. The third-order valence-electron chi connectivity index (χ3n) is 6.81. The number of nitrogens with one attached hydrogen (secondary N) is 1. The van der Waals surface area contributed by atoms with E-state index in [0.717, 1.165) is 31.6 Å². The lowest BCUT2D eigenvalue weighted by Gasteiger charge is -2.47. The molecule has 2 aliphatic rings. The maximum Gasteiger partial charge on any atom is 0.256 e. The van der Waals surface area contributed by atoms with Gasteiger partial charge in [0.25, 0.3) is 11.8 Å². The largest absolute Gasteiger partial charge is 0.380 e. The first-order valence-corrected chi connectivity index (χ1v) is 12.2. The van der Waals surface area contributed by atoms with Crippen LogP contribution in [0.3, 0.4) is 0 Å². The molecule has 2 aromatic carbocycles. The Morgan fingerprint density at radius 2 is 1.77 bits per heavy atom. The summed E-state index contributed by atoms with van der Waals surface area (Å²) < 4.78 is 18.7. The van der Waals surface area contributed by atoms with Crippen molar-refractivity contribution in [3.63, 3.8) is 0 Å². The van der Waals surface area contributed by atoms with Crippen molar-refractivity contribution in [2.75, 3.05) is 52.7 Å². The fourth-order valence-corrected chi connectivity index (χ4v) is 5.05. The highest BCUT2D eigenvalue weighted by Gasteiger charge is 2.36. The fraction of sp³-hybridized carbons (Fsp3) is 0.462. The Bertz CT molecular complexity index is 1050. The van der Waals surface area contributed by atoms with Gasteiger partial charge < -0.3 is 19.9 Å². The summed E-state index contributed by atoms with van der Waals surface area (Å²) in [6.07, 6.45) is 1.10. The molecule has 2 aromatic rings. The van der Waals surface area contributed by atoms with Crippen molar-refractivity contribution in [2.24, 2.45) is 0 Å². The Morgan fingerprint density at radius 3 is 2.34 bits per heavy atom. The highest BCUT2D eigenvalue weighted by atomic mass is 35.5. The highest BCUT2D eigenvalue weighted by Crippen LogP contribution is 2.28. The fourth-order valence-electron chi connectivity index (χ4n) is 4.79. The van der Waals surface area contributed by atoms with Gasteiger partial charge in [-0.1, -0.05) is 23.7 Å². The minimum atomic E-state index is -0.712. The lowest BCUT2D eigenvalue weighted by molar-refractivity contribution is -0.144. The van der Waals surface area contributed by atoms with Gasteiger partial charge >= 0.3 is 0 Å². The first-order valence-electron chi connectivity index (χ1n) is 11.9. The van der Waals surface area contributed by atoms with E-state index in [4.69, 9.17) is 16.3 Å². The maximum atomic E-state index is 13.2. The molecule has 2 heterocycles. The van der Waals surface area contributed by atoms with Crippen LogP contribution in [0.2, 0.25) is 5.02 Å². The van der Waals surface area contributed by atoms with Gasteiger partial charge in [-0.2, -0.15) is 0 Å². The van der Waals surface area contributed by atoms with E-state index in [1.807, 2.05) is 11.0 Å². The zero-order valence-electron chi connectivity index (χ0n) is 20.3. The summed E-state index contributed by atoms with van der Waals surface area (Å²) in [4.78, 5) is 31.0. The van der Waals surface area contributed by atoms with E-state index in [2.05, 4.69) is 10.2 Å². The number of hydrogen-bond donors (Lipinski definition) is 1. The molecule has 1 atom stereocenters. The number of piperidine rings is 1. The zero-order chi connectivity index (χ0) is 25.1. The third kappa shape index (κ3) is 5.77. The first kappa shape index (κ1) is 25.4. The van der Waals surface area contributed by atoms with Crippen LogP contribution in [0.5, 0.6) is 0 Å². The van der Waals surface area contributed by atoms with Crippen LogP contribution in [0.1, 0.15) is 34.9 Å². The molecule has 2 aliphatic heterocycles. The molecule has 0 saturated carbocycles. The smallest absolute Gasteiger partial charge is 0.256 e. The minimum absolute atomic E-state index is 0.0752. The topological polar surface area (TPSA) is 65.1 Å². The van der Waals surface area contributed by atoms with Gasteiger partial charge in [0, 0.05) is 59.1 Å². The molecular weight excluding hydrogens is 471 g/mol. The molecule has 0 radical (unpaired) electrons. The van der Waals surface area contributed by atoms with Crippen molar-refractivity contribution in [2.45, 2.75) is 31.0 Å². The van der Waals surface area contributed by atoms with E-state index in [9.17, 15) is 14.0 Å². The number of nitrogens with zero attached hydrogens (tertiary/aromatic N) is 3. The highest BCUT2D eigenvalue weighted by molar-refractivity contribution is 6.34. The molecule has 0 unspecified atom stereocenters. The van der Waals surface area contributed by atoms with E-state index in [0.29, 0.717) is 41.3 Å². The van der Waals surface area contributed by atoms with E-state index in [1.165, 1.54) is 24.1 Å². The van der Waals surface area contributed by atoms with E-state index in [-0.39, 0.29) is 17.6 Å². The summed E-state index contributed by atoms with van der Waals surface area (Å²) >= 11 is 6.33.